The zero-order valence-electron chi connectivity index (χ0n) is 17.0. The van der Waals surface area contributed by atoms with E-state index < -0.39 is 16.5 Å². The lowest BCUT2D eigenvalue weighted by atomic mass is 10.1. The van der Waals surface area contributed by atoms with Crippen LogP contribution >= 0.6 is 0 Å². The molecule has 0 aliphatic carbocycles. The highest BCUT2D eigenvalue weighted by Gasteiger charge is 2.25. The van der Waals surface area contributed by atoms with Gasteiger partial charge in [0.2, 0.25) is 0 Å². The van der Waals surface area contributed by atoms with E-state index >= 15 is 0 Å². The third-order valence-electron chi connectivity index (χ3n) is 5.01. The lowest BCUT2D eigenvalue weighted by Gasteiger charge is -2.12. The average molecular weight is 418 g/mol. The van der Waals surface area contributed by atoms with E-state index in [0.29, 0.717) is 16.9 Å². The van der Waals surface area contributed by atoms with Crippen molar-refractivity contribution in [1.82, 2.24) is 14.3 Å². The van der Waals surface area contributed by atoms with Gasteiger partial charge in [0.15, 0.2) is 0 Å². The van der Waals surface area contributed by atoms with Crippen molar-refractivity contribution in [2.45, 2.75) is 13.8 Å². The predicted molar refractivity (Wildman–Crippen MR) is 113 cm³/mol. The molecule has 0 atom stereocenters. The van der Waals surface area contributed by atoms with Crippen molar-refractivity contribution in [3.8, 4) is 22.6 Å². The number of ether oxygens (including phenoxy) is 1. The van der Waals surface area contributed by atoms with Crippen molar-refractivity contribution < 1.29 is 14.5 Å². The molecule has 0 bridgehead atoms. The highest BCUT2D eigenvalue weighted by Crippen LogP contribution is 2.27. The zero-order valence-corrected chi connectivity index (χ0v) is 17.0. The number of pyridine rings is 1. The molecule has 0 saturated heterocycles. The van der Waals surface area contributed by atoms with Crippen molar-refractivity contribution in [2.24, 2.45) is 0 Å². The van der Waals surface area contributed by atoms with Crippen LogP contribution in [0.3, 0.4) is 0 Å². The van der Waals surface area contributed by atoms with E-state index in [1.165, 1.54) is 34.8 Å². The van der Waals surface area contributed by atoms with Crippen molar-refractivity contribution in [3.05, 3.63) is 92.0 Å². The summed E-state index contributed by atoms with van der Waals surface area (Å²) in [5.74, 6) is -0.671. The summed E-state index contributed by atoms with van der Waals surface area (Å²) in [5, 5.41) is 15.7. The third kappa shape index (κ3) is 3.46. The number of nitro groups is 1. The number of hydrogen-bond donors (Lipinski definition) is 0. The number of carbonyl (C=O) groups is 1. The molecule has 0 amide bonds. The second-order valence-electron chi connectivity index (χ2n) is 7.12. The minimum Gasteiger partial charge on any atom is -0.465 e. The standard InChI is InChI=1S/C22H18N4O5/c1-13-5-4-6-16(9-13)25-21(27)17-11-24(12-18(20(17)23-25)22(28)31-3)15-8-7-14(2)19(10-15)26(29)30/h4-12H,1-3H3. The first-order valence-corrected chi connectivity index (χ1v) is 9.36. The Kier molecular flexibility index (Phi) is 4.86. The maximum absolute atomic E-state index is 13.1. The van der Waals surface area contributed by atoms with E-state index in [1.54, 1.807) is 25.1 Å². The Bertz CT molecular complexity index is 1370. The van der Waals surface area contributed by atoms with E-state index in [-0.39, 0.29) is 22.5 Å². The summed E-state index contributed by atoms with van der Waals surface area (Å²) in [6.45, 7) is 3.53. The summed E-state index contributed by atoms with van der Waals surface area (Å²) in [6, 6.07) is 11.9. The molecule has 4 rings (SSSR count). The van der Waals surface area contributed by atoms with Crippen LogP contribution < -0.4 is 5.56 Å². The van der Waals surface area contributed by atoms with Gasteiger partial charge in [-0.1, -0.05) is 18.2 Å². The molecule has 0 spiro atoms. The third-order valence-corrected chi connectivity index (χ3v) is 5.01. The minimum absolute atomic E-state index is 0.0671. The van der Waals surface area contributed by atoms with Crippen LogP contribution in [0.15, 0.2) is 59.7 Å². The summed E-state index contributed by atoms with van der Waals surface area (Å²) in [6.07, 6.45) is 2.97. The molecule has 0 saturated carbocycles. The maximum atomic E-state index is 13.1. The summed E-state index contributed by atoms with van der Waals surface area (Å²) >= 11 is 0. The number of benzene rings is 2. The molecular formula is C22H18N4O5. The zero-order chi connectivity index (χ0) is 22.3. The molecule has 0 radical (unpaired) electrons. The van der Waals surface area contributed by atoms with Gasteiger partial charge in [-0.15, -0.1) is 0 Å². The summed E-state index contributed by atoms with van der Waals surface area (Å²) in [7, 11) is 1.23. The highest BCUT2D eigenvalue weighted by atomic mass is 16.6. The highest BCUT2D eigenvalue weighted by molar-refractivity contribution is 5.96. The number of aryl methyl sites for hydroxylation is 2. The van der Waals surface area contributed by atoms with Crippen LogP contribution in [-0.2, 0) is 4.74 Å². The average Bonchev–Trinajstić information content (AvgIpc) is 3.09. The van der Waals surface area contributed by atoms with Gasteiger partial charge in [-0.2, -0.15) is 9.78 Å². The molecule has 2 heterocycles. The van der Waals surface area contributed by atoms with E-state index in [9.17, 15) is 19.7 Å². The predicted octanol–water partition coefficient (Wildman–Crippen LogP) is 3.44. The molecule has 156 valence electrons. The normalized spacial score (nSPS) is 10.9. The van der Waals surface area contributed by atoms with Crippen LogP contribution in [0.25, 0.3) is 22.6 Å². The molecule has 0 fully saturated rings. The second-order valence-corrected chi connectivity index (χ2v) is 7.12. The quantitative estimate of drug-likeness (QED) is 0.285. The molecular weight excluding hydrogens is 400 g/mol. The lowest BCUT2D eigenvalue weighted by Crippen LogP contribution is -2.15. The van der Waals surface area contributed by atoms with Gasteiger partial charge in [0.05, 0.1) is 29.0 Å². The molecule has 0 N–H and O–H groups in total. The maximum Gasteiger partial charge on any atom is 0.341 e. The Hall–Kier alpha value is -4.27. The fourth-order valence-corrected chi connectivity index (χ4v) is 3.40. The second kappa shape index (κ2) is 7.52. The first-order valence-electron chi connectivity index (χ1n) is 9.36. The topological polar surface area (TPSA) is 109 Å². The largest absolute Gasteiger partial charge is 0.465 e. The fourth-order valence-electron chi connectivity index (χ4n) is 3.40. The van der Waals surface area contributed by atoms with Crippen LogP contribution in [0.2, 0.25) is 0 Å². The molecule has 0 aromatic heterocycles. The van der Waals surface area contributed by atoms with Crippen LogP contribution in [0.4, 0.5) is 5.69 Å². The fraction of sp³-hybridized carbons (Fsp3) is 0.136. The Morgan fingerprint density at radius 1 is 1.10 bits per heavy atom. The van der Waals surface area contributed by atoms with E-state index in [2.05, 4.69) is 5.10 Å². The molecule has 2 aromatic carbocycles. The Labute approximate surface area is 176 Å². The monoisotopic (exact) mass is 418 g/mol. The number of aromatic nitrogens is 3. The Morgan fingerprint density at radius 2 is 1.87 bits per heavy atom. The van der Waals surface area contributed by atoms with Gasteiger partial charge < -0.3 is 9.30 Å². The molecule has 31 heavy (non-hydrogen) atoms. The van der Waals surface area contributed by atoms with Gasteiger partial charge in [0, 0.05) is 24.0 Å². The SMILES string of the molecule is COC(=O)c1cn(-c2ccc(C)c([N+](=O)[O-])c2)cc2c(=O)n(-c3cccc(C)c3)nc1-2. The van der Waals surface area contributed by atoms with Crippen LogP contribution in [0.5, 0.6) is 0 Å². The van der Waals surface area contributed by atoms with Gasteiger partial charge in [-0.25, -0.2) is 4.79 Å². The number of fused-ring (bicyclic) bond motifs is 1. The number of rotatable bonds is 4. The van der Waals surface area contributed by atoms with Crippen LogP contribution in [0, 0.1) is 24.0 Å². The van der Waals surface area contributed by atoms with Crippen LogP contribution in [-0.4, -0.2) is 32.3 Å². The molecule has 2 aromatic rings. The van der Waals surface area contributed by atoms with Crippen molar-refractivity contribution >= 4 is 11.7 Å². The summed E-state index contributed by atoms with van der Waals surface area (Å²) in [4.78, 5) is 36.5. The number of methoxy groups -OCH3 is 1. The van der Waals surface area contributed by atoms with E-state index in [1.807, 2.05) is 25.1 Å². The first-order chi connectivity index (χ1) is 14.8. The van der Waals surface area contributed by atoms with Gasteiger partial charge in [-0.3, -0.25) is 14.9 Å². The van der Waals surface area contributed by atoms with Gasteiger partial charge >= 0.3 is 5.97 Å². The van der Waals surface area contributed by atoms with Gasteiger partial charge in [-0.05, 0) is 37.6 Å². The molecule has 2 aliphatic heterocycles. The van der Waals surface area contributed by atoms with Crippen molar-refractivity contribution in [2.75, 3.05) is 7.11 Å². The minimum atomic E-state index is -0.671. The van der Waals surface area contributed by atoms with E-state index in [4.69, 9.17) is 4.74 Å². The van der Waals surface area contributed by atoms with Crippen LogP contribution in [0.1, 0.15) is 21.5 Å². The van der Waals surface area contributed by atoms with Gasteiger partial charge in [0.25, 0.3) is 11.2 Å². The first kappa shape index (κ1) is 20.0. The van der Waals surface area contributed by atoms with Crippen molar-refractivity contribution in [3.63, 3.8) is 0 Å². The van der Waals surface area contributed by atoms with Crippen molar-refractivity contribution in [1.29, 1.82) is 0 Å². The summed E-state index contributed by atoms with van der Waals surface area (Å²) in [5.41, 5.74) is 2.41. The number of carbonyl (C=O) groups excluding carboxylic acids is 1. The Morgan fingerprint density at radius 3 is 2.55 bits per heavy atom. The molecule has 0 unspecified atom stereocenters. The summed E-state index contributed by atoms with van der Waals surface area (Å²) < 4.78 is 7.60. The van der Waals surface area contributed by atoms with Gasteiger partial charge in [0.1, 0.15) is 11.3 Å². The smallest absolute Gasteiger partial charge is 0.341 e. The molecule has 9 heteroatoms. The number of nitro benzene ring substituents is 1. The lowest BCUT2D eigenvalue weighted by molar-refractivity contribution is -0.385. The molecule has 9 nitrogen and oxygen atoms in total. The van der Waals surface area contributed by atoms with E-state index in [0.717, 1.165) is 5.56 Å². The number of nitrogens with zero attached hydrogens (tertiary/aromatic N) is 4. The molecule has 2 aliphatic rings. The number of hydrogen-bond acceptors (Lipinski definition) is 6. The Balaban J connectivity index is 1.99. The number of esters is 1.